The van der Waals surface area contributed by atoms with Crippen molar-refractivity contribution in [3.05, 3.63) is 0 Å². The molecule has 1 rings (SSSR count). The number of likely N-dealkylation sites (tertiary alicyclic amines) is 1. The molecule has 16 heavy (non-hydrogen) atoms. The van der Waals surface area contributed by atoms with Crippen LogP contribution in [0.5, 0.6) is 0 Å². The highest BCUT2D eigenvalue weighted by molar-refractivity contribution is 5.97. The lowest BCUT2D eigenvalue weighted by Gasteiger charge is -2.30. The summed E-state index contributed by atoms with van der Waals surface area (Å²) in [5.74, 6) is -0.0662. The minimum Gasteiger partial charge on any atom is -0.375 e. The summed E-state index contributed by atoms with van der Waals surface area (Å²) in [4.78, 5) is 24.6. The summed E-state index contributed by atoms with van der Waals surface area (Å²) in [5, 5.41) is 0. The smallest absolute Gasteiger partial charge is 0.229 e. The van der Waals surface area contributed by atoms with Gasteiger partial charge < -0.3 is 10.5 Å². The van der Waals surface area contributed by atoms with Crippen LogP contribution in [-0.4, -0.2) is 42.5 Å². The largest absolute Gasteiger partial charge is 0.375 e. The maximum atomic E-state index is 11.7. The third-order valence-electron chi connectivity index (χ3n) is 2.70. The first-order valence-corrected chi connectivity index (χ1v) is 5.73. The molecule has 5 heteroatoms. The Hall–Kier alpha value is -0.940. The molecular formula is C11H20N2O3. The van der Waals surface area contributed by atoms with Gasteiger partial charge in [-0.1, -0.05) is 6.92 Å². The Kier molecular flexibility index (Phi) is 4.89. The Bertz CT molecular complexity index is 250. The van der Waals surface area contributed by atoms with E-state index in [4.69, 9.17) is 10.5 Å². The standard InChI is InChI=1S/C11H20N2O3/c1-3-16-9(6-12)7-13-10(14)4-8(2)5-11(13)15/h8-9H,3-7,12H2,1-2H3. The Morgan fingerprint density at radius 3 is 2.44 bits per heavy atom. The fourth-order valence-corrected chi connectivity index (χ4v) is 1.87. The molecule has 1 atom stereocenters. The topological polar surface area (TPSA) is 72.6 Å². The van der Waals surface area contributed by atoms with Crippen molar-refractivity contribution in [2.45, 2.75) is 32.8 Å². The molecule has 0 radical (unpaired) electrons. The van der Waals surface area contributed by atoms with Gasteiger partial charge in [0.25, 0.3) is 0 Å². The molecule has 92 valence electrons. The van der Waals surface area contributed by atoms with Crippen molar-refractivity contribution in [3.8, 4) is 0 Å². The molecular weight excluding hydrogens is 208 g/mol. The van der Waals surface area contributed by atoms with Gasteiger partial charge in [-0.05, 0) is 12.8 Å². The minimum absolute atomic E-state index is 0.109. The van der Waals surface area contributed by atoms with Crippen LogP contribution in [0.15, 0.2) is 0 Å². The van der Waals surface area contributed by atoms with Gasteiger partial charge in [-0.25, -0.2) is 0 Å². The molecule has 0 aliphatic carbocycles. The zero-order valence-corrected chi connectivity index (χ0v) is 9.94. The highest BCUT2D eigenvalue weighted by Gasteiger charge is 2.31. The Morgan fingerprint density at radius 2 is 2.00 bits per heavy atom. The molecule has 1 saturated heterocycles. The van der Waals surface area contributed by atoms with Crippen molar-refractivity contribution in [3.63, 3.8) is 0 Å². The number of carbonyl (C=O) groups is 2. The first kappa shape index (κ1) is 13.1. The number of amides is 2. The number of ether oxygens (including phenoxy) is 1. The lowest BCUT2D eigenvalue weighted by molar-refractivity contribution is -0.151. The van der Waals surface area contributed by atoms with Gasteiger partial charge in [-0.2, -0.15) is 0 Å². The van der Waals surface area contributed by atoms with Gasteiger partial charge in [0.1, 0.15) is 0 Å². The molecule has 1 heterocycles. The SMILES string of the molecule is CCOC(CN)CN1C(=O)CC(C)CC1=O. The number of piperidine rings is 1. The number of imide groups is 1. The average molecular weight is 228 g/mol. The van der Waals surface area contributed by atoms with E-state index in [-0.39, 0.29) is 30.4 Å². The van der Waals surface area contributed by atoms with Gasteiger partial charge in [0, 0.05) is 26.0 Å². The maximum absolute atomic E-state index is 11.7. The van der Waals surface area contributed by atoms with Crippen molar-refractivity contribution in [2.24, 2.45) is 11.7 Å². The second kappa shape index (κ2) is 5.96. The van der Waals surface area contributed by atoms with Gasteiger partial charge >= 0.3 is 0 Å². The quantitative estimate of drug-likeness (QED) is 0.679. The summed E-state index contributed by atoms with van der Waals surface area (Å²) in [6.45, 7) is 4.92. The van der Waals surface area contributed by atoms with Crippen LogP contribution in [-0.2, 0) is 14.3 Å². The number of hydrogen-bond donors (Lipinski definition) is 1. The van der Waals surface area contributed by atoms with E-state index in [2.05, 4.69) is 0 Å². The lowest BCUT2D eigenvalue weighted by atomic mass is 9.97. The predicted octanol–water partition coefficient (Wildman–Crippen LogP) is 0.135. The fourth-order valence-electron chi connectivity index (χ4n) is 1.87. The monoisotopic (exact) mass is 228 g/mol. The number of nitrogens with two attached hydrogens (primary N) is 1. The van der Waals surface area contributed by atoms with E-state index in [1.807, 2.05) is 13.8 Å². The van der Waals surface area contributed by atoms with Crippen LogP contribution in [0, 0.1) is 5.92 Å². The summed E-state index contributed by atoms with van der Waals surface area (Å²) in [6, 6.07) is 0. The fraction of sp³-hybridized carbons (Fsp3) is 0.818. The van der Waals surface area contributed by atoms with Gasteiger partial charge in [0.2, 0.25) is 11.8 Å². The summed E-state index contributed by atoms with van der Waals surface area (Å²) >= 11 is 0. The van der Waals surface area contributed by atoms with E-state index in [1.54, 1.807) is 0 Å². The van der Waals surface area contributed by atoms with E-state index < -0.39 is 0 Å². The van der Waals surface area contributed by atoms with Crippen LogP contribution in [0.3, 0.4) is 0 Å². The van der Waals surface area contributed by atoms with E-state index in [0.717, 1.165) is 0 Å². The molecule has 2 amide bonds. The van der Waals surface area contributed by atoms with Crippen molar-refractivity contribution in [1.82, 2.24) is 4.90 Å². The molecule has 1 aliphatic heterocycles. The van der Waals surface area contributed by atoms with Crippen molar-refractivity contribution < 1.29 is 14.3 Å². The van der Waals surface area contributed by atoms with Crippen molar-refractivity contribution in [1.29, 1.82) is 0 Å². The third kappa shape index (κ3) is 3.28. The van der Waals surface area contributed by atoms with E-state index in [9.17, 15) is 9.59 Å². The van der Waals surface area contributed by atoms with Crippen molar-refractivity contribution >= 4 is 11.8 Å². The van der Waals surface area contributed by atoms with E-state index in [0.29, 0.717) is 26.0 Å². The summed E-state index contributed by atoms with van der Waals surface area (Å²) in [5.41, 5.74) is 5.52. The van der Waals surface area contributed by atoms with E-state index in [1.165, 1.54) is 4.90 Å². The Labute approximate surface area is 95.9 Å². The molecule has 0 spiro atoms. The number of carbonyl (C=O) groups excluding carboxylic acids is 2. The minimum atomic E-state index is -0.244. The Morgan fingerprint density at radius 1 is 1.44 bits per heavy atom. The van der Waals surface area contributed by atoms with Crippen molar-refractivity contribution in [2.75, 3.05) is 19.7 Å². The highest BCUT2D eigenvalue weighted by atomic mass is 16.5. The van der Waals surface area contributed by atoms with Gasteiger partial charge in [-0.3, -0.25) is 14.5 Å². The second-order valence-corrected chi connectivity index (χ2v) is 4.22. The molecule has 0 aromatic carbocycles. The van der Waals surface area contributed by atoms with Gasteiger partial charge in [0.15, 0.2) is 0 Å². The number of rotatable bonds is 5. The lowest BCUT2D eigenvalue weighted by Crippen LogP contribution is -2.48. The first-order valence-electron chi connectivity index (χ1n) is 5.73. The number of hydrogen-bond acceptors (Lipinski definition) is 4. The second-order valence-electron chi connectivity index (χ2n) is 4.22. The van der Waals surface area contributed by atoms with Crippen LogP contribution in [0.4, 0.5) is 0 Å². The molecule has 0 aromatic heterocycles. The maximum Gasteiger partial charge on any atom is 0.229 e. The summed E-state index contributed by atoms with van der Waals surface area (Å²) in [7, 11) is 0. The van der Waals surface area contributed by atoms with Gasteiger partial charge in [-0.15, -0.1) is 0 Å². The molecule has 0 aromatic rings. The zero-order chi connectivity index (χ0) is 12.1. The molecule has 1 aliphatic rings. The van der Waals surface area contributed by atoms with Crippen LogP contribution in [0.25, 0.3) is 0 Å². The Balaban J connectivity index is 2.57. The normalized spacial score (nSPS) is 20.3. The average Bonchev–Trinajstić information content (AvgIpc) is 2.21. The zero-order valence-electron chi connectivity index (χ0n) is 9.94. The summed E-state index contributed by atoms with van der Waals surface area (Å²) < 4.78 is 5.35. The predicted molar refractivity (Wildman–Crippen MR) is 59.6 cm³/mol. The molecule has 5 nitrogen and oxygen atoms in total. The van der Waals surface area contributed by atoms with Crippen LogP contribution < -0.4 is 5.73 Å². The van der Waals surface area contributed by atoms with Crippen LogP contribution in [0.1, 0.15) is 26.7 Å². The molecule has 1 unspecified atom stereocenters. The number of nitrogens with zero attached hydrogens (tertiary/aromatic N) is 1. The van der Waals surface area contributed by atoms with E-state index >= 15 is 0 Å². The molecule has 0 saturated carbocycles. The third-order valence-corrected chi connectivity index (χ3v) is 2.70. The van der Waals surface area contributed by atoms with Crippen LogP contribution in [0.2, 0.25) is 0 Å². The van der Waals surface area contributed by atoms with Gasteiger partial charge in [0.05, 0.1) is 12.6 Å². The molecule has 1 fully saturated rings. The summed E-state index contributed by atoms with van der Waals surface area (Å²) in [6.07, 6.45) is 0.635. The highest BCUT2D eigenvalue weighted by Crippen LogP contribution is 2.19. The van der Waals surface area contributed by atoms with Crippen LogP contribution >= 0.6 is 0 Å². The molecule has 2 N–H and O–H groups in total. The first-order chi connectivity index (χ1) is 7.58. The molecule has 0 bridgehead atoms.